The van der Waals surface area contributed by atoms with Crippen molar-refractivity contribution in [3.63, 3.8) is 0 Å². The van der Waals surface area contributed by atoms with Crippen LogP contribution in [-0.4, -0.2) is 42.9 Å². The average Bonchev–Trinajstić information content (AvgIpc) is 2.61. The molecule has 0 radical (unpaired) electrons. The van der Waals surface area contributed by atoms with Crippen molar-refractivity contribution in [3.8, 4) is 5.75 Å². The predicted octanol–water partition coefficient (Wildman–Crippen LogP) is 3.23. The van der Waals surface area contributed by atoms with Gasteiger partial charge in [-0.2, -0.15) is 0 Å². The van der Waals surface area contributed by atoms with Crippen LogP contribution in [0.15, 0.2) is 48.5 Å². The summed E-state index contributed by atoms with van der Waals surface area (Å²) in [4.78, 5) is 2.06. The lowest BCUT2D eigenvalue weighted by molar-refractivity contribution is 0.00936. The molecule has 0 saturated carbocycles. The van der Waals surface area contributed by atoms with E-state index in [1.807, 2.05) is 37.3 Å². The molecule has 0 aromatic heterocycles. The minimum absolute atomic E-state index is 0.240. The fourth-order valence-corrected chi connectivity index (χ4v) is 2.62. The molecule has 0 saturated heterocycles. The Bertz CT molecular complexity index is 650. The molecule has 0 aliphatic carbocycles. The van der Waals surface area contributed by atoms with E-state index in [0.717, 1.165) is 23.4 Å². The van der Waals surface area contributed by atoms with Gasteiger partial charge in [-0.25, -0.2) is 4.39 Å². The number of aliphatic hydroxyl groups excluding tert-OH is 1. The van der Waals surface area contributed by atoms with Gasteiger partial charge in [0.2, 0.25) is 0 Å². The number of benzene rings is 2. The van der Waals surface area contributed by atoms with Crippen LogP contribution in [0.5, 0.6) is 5.75 Å². The summed E-state index contributed by atoms with van der Waals surface area (Å²) in [6, 6.07) is 14.2. The molecule has 1 unspecified atom stereocenters. The van der Waals surface area contributed by atoms with Gasteiger partial charge in [0.25, 0.3) is 0 Å². The molecule has 0 spiro atoms. The van der Waals surface area contributed by atoms with Crippen molar-refractivity contribution in [3.05, 3.63) is 65.5 Å². The van der Waals surface area contributed by atoms with E-state index in [2.05, 4.69) is 4.90 Å². The summed E-state index contributed by atoms with van der Waals surface area (Å²) in [6.07, 6.45) is -0.598. The molecule has 0 aliphatic heterocycles. The molecule has 2 aromatic carbocycles. The molecule has 0 heterocycles. The Hall–Kier alpha value is -1.95. The molecular weight excluding hydrogens is 321 g/mol. The average molecular weight is 347 g/mol. The number of methoxy groups -OCH3 is 1. The zero-order valence-corrected chi connectivity index (χ0v) is 14.8. The van der Waals surface area contributed by atoms with Gasteiger partial charge in [0.15, 0.2) is 0 Å². The lowest BCUT2D eigenvalue weighted by atomic mass is 10.2. The summed E-state index contributed by atoms with van der Waals surface area (Å²) in [5.41, 5.74) is 1.89. The number of nitrogens with zero attached hydrogens (tertiary/aromatic N) is 1. The first-order valence-electron chi connectivity index (χ1n) is 8.46. The molecule has 0 fully saturated rings. The van der Waals surface area contributed by atoms with Crippen LogP contribution in [0.25, 0.3) is 0 Å². The van der Waals surface area contributed by atoms with E-state index in [9.17, 15) is 9.50 Å². The van der Waals surface area contributed by atoms with Crippen molar-refractivity contribution >= 4 is 0 Å². The molecule has 5 heteroatoms. The SMILES string of the molecule is CCN(Cc1cccc(F)c1)CC(O)COCc1cccc(OC)c1. The highest BCUT2D eigenvalue weighted by Crippen LogP contribution is 2.13. The Morgan fingerprint density at radius 3 is 2.60 bits per heavy atom. The molecule has 1 atom stereocenters. The van der Waals surface area contributed by atoms with Crippen molar-refractivity contribution in [1.29, 1.82) is 0 Å². The van der Waals surface area contributed by atoms with Crippen LogP contribution in [0.3, 0.4) is 0 Å². The maximum absolute atomic E-state index is 13.3. The largest absolute Gasteiger partial charge is 0.497 e. The topological polar surface area (TPSA) is 41.9 Å². The van der Waals surface area contributed by atoms with Gasteiger partial charge in [0.05, 0.1) is 26.4 Å². The molecule has 4 nitrogen and oxygen atoms in total. The highest BCUT2D eigenvalue weighted by atomic mass is 19.1. The summed E-state index contributed by atoms with van der Waals surface area (Å²) in [5.74, 6) is 0.546. The van der Waals surface area contributed by atoms with E-state index >= 15 is 0 Å². The van der Waals surface area contributed by atoms with Gasteiger partial charge in [0, 0.05) is 13.1 Å². The normalized spacial score (nSPS) is 12.4. The van der Waals surface area contributed by atoms with Gasteiger partial charge in [0.1, 0.15) is 11.6 Å². The standard InChI is InChI=1S/C20H26FNO3/c1-3-22(12-16-6-4-8-18(21)10-16)13-19(23)15-25-14-17-7-5-9-20(11-17)24-2/h4-11,19,23H,3,12-15H2,1-2H3. The lowest BCUT2D eigenvalue weighted by Crippen LogP contribution is -2.34. The molecule has 0 bridgehead atoms. The van der Waals surface area contributed by atoms with Crippen molar-refractivity contribution in [2.24, 2.45) is 0 Å². The van der Waals surface area contributed by atoms with Gasteiger partial charge < -0.3 is 14.6 Å². The zero-order chi connectivity index (χ0) is 18.1. The summed E-state index contributed by atoms with van der Waals surface area (Å²) < 4.78 is 24.0. The number of rotatable bonds is 10. The monoisotopic (exact) mass is 347 g/mol. The molecule has 25 heavy (non-hydrogen) atoms. The molecular formula is C20H26FNO3. The van der Waals surface area contributed by atoms with Gasteiger partial charge in [-0.3, -0.25) is 4.90 Å². The fraction of sp³-hybridized carbons (Fsp3) is 0.400. The first-order chi connectivity index (χ1) is 12.1. The third kappa shape index (κ3) is 6.82. The summed E-state index contributed by atoms with van der Waals surface area (Å²) >= 11 is 0. The van der Waals surface area contributed by atoms with E-state index in [1.54, 1.807) is 13.2 Å². The highest BCUT2D eigenvalue weighted by Gasteiger charge is 2.12. The smallest absolute Gasteiger partial charge is 0.123 e. The number of ether oxygens (including phenoxy) is 2. The molecule has 1 N–H and O–H groups in total. The van der Waals surface area contributed by atoms with Crippen molar-refractivity contribution in [1.82, 2.24) is 4.90 Å². The van der Waals surface area contributed by atoms with E-state index < -0.39 is 6.10 Å². The second kappa shape index (κ2) is 10.1. The van der Waals surface area contributed by atoms with Crippen molar-refractivity contribution < 1.29 is 19.0 Å². The summed E-state index contributed by atoms with van der Waals surface area (Å²) in [6.45, 7) is 4.53. The minimum Gasteiger partial charge on any atom is -0.497 e. The number of halogens is 1. The Labute approximate surface area is 148 Å². The molecule has 2 aromatic rings. The third-order valence-corrected chi connectivity index (χ3v) is 3.92. The third-order valence-electron chi connectivity index (χ3n) is 3.92. The van der Waals surface area contributed by atoms with E-state index in [1.165, 1.54) is 12.1 Å². The van der Waals surface area contributed by atoms with E-state index in [-0.39, 0.29) is 12.4 Å². The first-order valence-corrected chi connectivity index (χ1v) is 8.46. The minimum atomic E-state index is -0.598. The van der Waals surface area contributed by atoms with Gasteiger partial charge in [-0.05, 0) is 41.9 Å². The Balaban J connectivity index is 1.76. The molecule has 0 aliphatic rings. The second-order valence-electron chi connectivity index (χ2n) is 5.98. The number of aliphatic hydroxyl groups is 1. The highest BCUT2D eigenvalue weighted by molar-refractivity contribution is 5.27. The lowest BCUT2D eigenvalue weighted by Gasteiger charge is -2.23. The Kier molecular flexibility index (Phi) is 7.85. The van der Waals surface area contributed by atoms with Crippen LogP contribution < -0.4 is 4.74 Å². The summed E-state index contributed by atoms with van der Waals surface area (Å²) in [5, 5.41) is 10.2. The number of likely N-dealkylation sites (N-methyl/N-ethyl adjacent to an activating group) is 1. The molecule has 0 amide bonds. The van der Waals surface area contributed by atoms with Crippen LogP contribution >= 0.6 is 0 Å². The number of hydrogen-bond acceptors (Lipinski definition) is 4. The van der Waals surface area contributed by atoms with Crippen LogP contribution in [0, 0.1) is 5.82 Å². The molecule has 136 valence electrons. The van der Waals surface area contributed by atoms with Gasteiger partial charge >= 0.3 is 0 Å². The Morgan fingerprint density at radius 1 is 1.12 bits per heavy atom. The predicted molar refractivity (Wildman–Crippen MR) is 96.0 cm³/mol. The maximum Gasteiger partial charge on any atom is 0.123 e. The first kappa shape index (κ1) is 19.4. The fourth-order valence-electron chi connectivity index (χ4n) is 2.62. The van der Waals surface area contributed by atoms with Crippen LogP contribution in [-0.2, 0) is 17.9 Å². The second-order valence-corrected chi connectivity index (χ2v) is 5.98. The van der Waals surface area contributed by atoms with Crippen molar-refractivity contribution in [2.75, 3.05) is 26.8 Å². The van der Waals surface area contributed by atoms with E-state index in [4.69, 9.17) is 9.47 Å². The van der Waals surface area contributed by atoms with Crippen LogP contribution in [0.1, 0.15) is 18.1 Å². The van der Waals surface area contributed by atoms with Crippen LogP contribution in [0.2, 0.25) is 0 Å². The Morgan fingerprint density at radius 2 is 1.88 bits per heavy atom. The van der Waals surface area contributed by atoms with Crippen LogP contribution in [0.4, 0.5) is 4.39 Å². The van der Waals surface area contributed by atoms with E-state index in [0.29, 0.717) is 19.7 Å². The van der Waals surface area contributed by atoms with Crippen molar-refractivity contribution in [2.45, 2.75) is 26.2 Å². The van der Waals surface area contributed by atoms with Gasteiger partial charge in [-0.15, -0.1) is 0 Å². The maximum atomic E-state index is 13.3. The molecule has 2 rings (SSSR count). The zero-order valence-electron chi connectivity index (χ0n) is 14.8. The number of hydrogen-bond donors (Lipinski definition) is 1. The quantitative estimate of drug-likeness (QED) is 0.716. The van der Waals surface area contributed by atoms with Gasteiger partial charge in [-0.1, -0.05) is 31.2 Å². The summed E-state index contributed by atoms with van der Waals surface area (Å²) in [7, 11) is 1.63.